The number of ether oxygens (including phenoxy) is 1. The number of carbonyl (C=O) groups excluding carboxylic acids is 3. The van der Waals surface area contributed by atoms with Gasteiger partial charge in [-0.15, -0.1) is 0 Å². The summed E-state index contributed by atoms with van der Waals surface area (Å²) in [5.74, 6) is -0.347. The largest absolute Gasteiger partial charge is 0.436 e. The minimum atomic E-state index is -4.53. The number of urea groups is 1. The first-order valence-corrected chi connectivity index (χ1v) is 17.6. The zero-order valence-corrected chi connectivity index (χ0v) is 28.4. The molecular formula is C34H44BrF3N6O4. The number of anilines is 1. The minimum Gasteiger partial charge on any atom is -0.436 e. The molecule has 3 saturated heterocycles. The van der Waals surface area contributed by atoms with Gasteiger partial charge in [-0.2, -0.15) is 13.2 Å². The molecule has 0 aromatic heterocycles. The first kappa shape index (κ1) is 34.5. The molecule has 4 amide bonds. The molecule has 0 bridgehead atoms. The lowest BCUT2D eigenvalue weighted by molar-refractivity contribution is -0.143. The molecule has 10 nitrogen and oxygen atoms in total. The summed E-state index contributed by atoms with van der Waals surface area (Å²) in [5.41, 5.74) is 1.53. The SMILES string of the molecule is O=C(O[C@H](Cc1ccc(C(F)(F)F)c(Br)c1)C(=O)N1CCN(C2CCNCC2)CC1)N1CCC(N2CCc3ccccc3NC2=O)CC1.[HH]. The van der Waals surface area contributed by atoms with E-state index in [0.29, 0.717) is 70.3 Å². The summed E-state index contributed by atoms with van der Waals surface area (Å²) in [6, 6.07) is 11.6. The Balaban J connectivity index is 0.00000468. The van der Waals surface area contributed by atoms with Gasteiger partial charge in [0.25, 0.3) is 5.91 Å². The average Bonchev–Trinajstić information content (AvgIpc) is 3.25. The summed E-state index contributed by atoms with van der Waals surface area (Å²) >= 11 is 3.03. The number of amides is 4. The van der Waals surface area contributed by atoms with Crippen molar-refractivity contribution in [2.75, 3.05) is 64.2 Å². The van der Waals surface area contributed by atoms with Crippen molar-refractivity contribution in [2.45, 2.75) is 62.9 Å². The normalized spacial score (nSPS) is 20.9. The molecule has 14 heteroatoms. The smallest absolute Gasteiger partial charge is 0.417 e. The number of halogens is 4. The van der Waals surface area contributed by atoms with Crippen LogP contribution in [0.15, 0.2) is 46.9 Å². The number of alkyl halides is 3. The Morgan fingerprint density at radius 2 is 1.62 bits per heavy atom. The summed E-state index contributed by atoms with van der Waals surface area (Å²) in [6.07, 6.45) is -2.46. The highest BCUT2D eigenvalue weighted by Crippen LogP contribution is 2.35. The lowest BCUT2D eigenvalue weighted by Crippen LogP contribution is -2.56. The van der Waals surface area contributed by atoms with Crippen LogP contribution in [0.4, 0.5) is 28.4 Å². The van der Waals surface area contributed by atoms with E-state index in [2.05, 4.69) is 31.5 Å². The third kappa shape index (κ3) is 8.08. The van der Waals surface area contributed by atoms with Gasteiger partial charge in [-0.25, -0.2) is 9.59 Å². The van der Waals surface area contributed by atoms with E-state index >= 15 is 0 Å². The van der Waals surface area contributed by atoms with Crippen LogP contribution in [-0.2, 0) is 28.5 Å². The fourth-order valence-corrected chi connectivity index (χ4v) is 7.94. The van der Waals surface area contributed by atoms with E-state index in [4.69, 9.17) is 4.74 Å². The van der Waals surface area contributed by atoms with Crippen LogP contribution >= 0.6 is 15.9 Å². The highest BCUT2D eigenvalue weighted by molar-refractivity contribution is 9.10. The van der Waals surface area contributed by atoms with Gasteiger partial charge in [0.05, 0.1) is 5.56 Å². The number of benzene rings is 2. The van der Waals surface area contributed by atoms with Gasteiger partial charge in [0, 0.05) is 75.9 Å². The van der Waals surface area contributed by atoms with Crippen molar-refractivity contribution < 1.29 is 33.7 Å². The van der Waals surface area contributed by atoms with Crippen molar-refractivity contribution in [2.24, 2.45) is 0 Å². The van der Waals surface area contributed by atoms with E-state index in [9.17, 15) is 27.6 Å². The monoisotopic (exact) mass is 736 g/mol. The molecule has 6 rings (SSSR count). The number of rotatable bonds is 6. The van der Waals surface area contributed by atoms with Gasteiger partial charge in [0.1, 0.15) is 0 Å². The fourth-order valence-electron chi connectivity index (χ4n) is 7.29. The molecule has 4 aliphatic rings. The number of piperidine rings is 2. The Morgan fingerprint density at radius 3 is 2.31 bits per heavy atom. The summed E-state index contributed by atoms with van der Waals surface area (Å²) in [5, 5.41) is 6.38. The molecule has 2 aromatic carbocycles. The lowest BCUT2D eigenvalue weighted by atomic mass is 10.0. The van der Waals surface area contributed by atoms with Crippen LogP contribution in [0.1, 0.15) is 43.8 Å². The molecule has 0 spiro atoms. The third-order valence-electron chi connectivity index (χ3n) is 10.0. The van der Waals surface area contributed by atoms with Crippen LogP contribution in [0.2, 0.25) is 0 Å². The van der Waals surface area contributed by atoms with Gasteiger partial charge < -0.3 is 30.1 Å². The maximum absolute atomic E-state index is 13.9. The molecule has 4 aliphatic heterocycles. The maximum Gasteiger partial charge on any atom is 0.417 e. The van der Waals surface area contributed by atoms with Gasteiger partial charge >= 0.3 is 18.3 Å². The molecule has 4 heterocycles. The molecule has 3 fully saturated rings. The highest BCUT2D eigenvalue weighted by Gasteiger charge is 2.37. The summed E-state index contributed by atoms with van der Waals surface area (Å²) in [7, 11) is 0. The van der Waals surface area contributed by atoms with Gasteiger partial charge in [-0.1, -0.05) is 40.2 Å². The number of fused-ring (bicyclic) bond motifs is 1. The van der Waals surface area contributed by atoms with Crippen molar-refractivity contribution in [1.29, 1.82) is 0 Å². The molecule has 0 unspecified atom stereocenters. The van der Waals surface area contributed by atoms with Crippen LogP contribution < -0.4 is 10.6 Å². The zero-order chi connectivity index (χ0) is 33.8. The number of likely N-dealkylation sites (tertiary alicyclic amines) is 1. The van der Waals surface area contributed by atoms with E-state index in [1.807, 2.05) is 29.2 Å². The quantitative estimate of drug-likeness (QED) is 0.423. The zero-order valence-electron chi connectivity index (χ0n) is 26.8. The fraction of sp³-hybridized carbons (Fsp3) is 0.559. The summed E-state index contributed by atoms with van der Waals surface area (Å²) in [6.45, 7) is 5.62. The van der Waals surface area contributed by atoms with Gasteiger partial charge in [-0.3, -0.25) is 9.69 Å². The standard InChI is InChI=1S/C34H42BrF3N6O4.H2/c35-28-21-23(5-6-27(28)34(36,37)38)22-30(31(45)42-19-17-41(18-20-42)25-7-12-39-13-8-25)48-33(47)43-14-10-26(11-15-43)44-16-9-24-3-1-2-4-29(24)40-32(44)46;/h1-6,21,25-26,30,39H,7-20,22H2,(H,40,46);1H/t30-;/m1./s1. The van der Waals surface area contributed by atoms with E-state index in [-0.39, 0.29) is 30.3 Å². The molecule has 0 aliphatic carbocycles. The first-order valence-electron chi connectivity index (χ1n) is 16.8. The Bertz CT molecular complexity index is 1480. The Hall–Kier alpha value is -3.36. The number of hydrogen-bond acceptors (Lipinski definition) is 6. The third-order valence-corrected chi connectivity index (χ3v) is 10.7. The van der Waals surface area contributed by atoms with Crippen LogP contribution in [0.3, 0.4) is 0 Å². The number of para-hydroxylation sites is 1. The number of nitrogens with one attached hydrogen (secondary N) is 2. The predicted octanol–water partition coefficient (Wildman–Crippen LogP) is 5.21. The lowest BCUT2D eigenvalue weighted by Gasteiger charge is -2.41. The molecule has 0 radical (unpaired) electrons. The average molecular weight is 738 g/mol. The molecule has 2 N–H and O–H groups in total. The van der Waals surface area contributed by atoms with Crippen molar-refractivity contribution in [3.63, 3.8) is 0 Å². The number of piperazine rings is 1. The molecule has 1 atom stereocenters. The van der Waals surface area contributed by atoms with Crippen LogP contribution in [-0.4, -0.2) is 115 Å². The predicted molar refractivity (Wildman–Crippen MR) is 180 cm³/mol. The van der Waals surface area contributed by atoms with Crippen LogP contribution in [0, 0.1) is 0 Å². The molecule has 0 saturated carbocycles. The summed E-state index contributed by atoms with van der Waals surface area (Å²) in [4.78, 5) is 48.0. The number of hydrogen-bond donors (Lipinski definition) is 2. The second-order valence-corrected chi connectivity index (χ2v) is 13.8. The van der Waals surface area contributed by atoms with Crippen LogP contribution in [0.5, 0.6) is 0 Å². The van der Waals surface area contributed by atoms with E-state index < -0.39 is 23.9 Å². The van der Waals surface area contributed by atoms with Crippen molar-refractivity contribution in [3.05, 3.63) is 63.6 Å². The summed E-state index contributed by atoms with van der Waals surface area (Å²) < 4.78 is 46.0. The van der Waals surface area contributed by atoms with Gasteiger partial charge in [0.2, 0.25) is 0 Å². The Morgan fingerprint density at radius 1 is 0.917 bits per heavy atom. The number of carbonyl (C=O) groups is 3. The Labute approximate surface area is 288 Å². The molecule has 48 heavy (non-hydrogen) atoms. The van der Waals surface area contributed by atoms with Crippen molar-refractivity contribution in [1.82, 2.24) is 24.9 Å². The maximum atomic E-state index is 13.9. The van der Waals surface area contributed by atoms with Crippen molar-refractivity contribution >= 4 is 39.6 Å². The van der Waals surface area contributed by atoms with E-state index in [1.54, 1.807) is 9.80 Å². The van der Waals surface area contributed by atoms with Gasteiger partial charge in [0.15, 0.2) is 6.10 Å². The Kier molecular flexibility index (Phi) is 10.8. The second kappa shape index (κ2) is 15.0. The minimum absolute atomic E-state index is 0. The second-order valence-electron chi connectivity index (χ2n) is 13.0. The van der Waals surface area contributed by atoms with Crippen molar-refractivity contribution in [3.8, 4) is 0 Å². The van der Waals surface area contributed by atoms with Gasteiger partial charge in [-0.05, 0) is 74.5 Å². The molecule has 262 valence electrons. The molecule has 2 aromatic rings. The van der Waals surface area contributed by atoms with Crippen LogP contribution in [0.25, 0.3) is 0 Å². The molecular weight excluding hydrogens is 693 g/mol. The highest BCUT2D eigenvalue weighted by atomic mass is 79.9. The number of nitrogens with zero attached hydrogens (tertiary/aromatic N) is 4. The topological polar surface area (TPSA) is 97.5 Å². The first-order chi connectivity index (χ1) is 23.1. The van der Waals surface area contributed by atoms with E-state index in [1.165, 1.54) is 12.1 Å². The van der Waals surface area contributed by atoms with E-state index in [0.717, 1.165) is 49.7 Å².